The van der Waals surface area contributed by atoms with Crippen LogP contribution in [0.4, 0.5) is 0 Å². The summed E-state index contributed by atoms with van der Waals surface area (Å²) < 4.78 is 33.6. The first-order valence-corrected chi connectivity index (χ1v) is 13.0. The zero-order valence-electron chi connectivity index (χ0n) is 17.9. The molecule has 170 valence electrons. The average Bonchev–Trinajstić information content (AvgIpc) is 3.52. The van der Waals surface area contributed by atoms with Gasteiger partial charge in [-0.25, -0.2) is 13.1 Å². The van der Waals surface area contributed by atoms with Crippen molar-refractivity contribution >= 4 is 36.4 Å². The van der Waals surface area contributed by atoms with Crippen molar-refractivity contribution in [2.45, 2.75) is 57.9 Å². The van der Waals surface area contributed by atoms with E-state index in [9.17, 15) is 18.0 Å². The Balaban J connectivity index is 1.42. The second-order valence-corrected chi connectivity index (χ2v) is 10.8. The minimum Gasteiger partial charge on any atom is -0.493 e. The molecule has 1 fully saturated rings. The highest BCUT2D eigenvalue weighted by atomic mass is 32.2. The Morgan fingerprint density at radius 1 is 1.23 bits per heavy atom. The maximum absolute atomic E-state index is 12.5. The number of amides is 2. The predicted molar refractivity (Wildman–Crippen MR) is 124 cm³/mol. The van der Waals surface area contributed by atoms with Crippen LogP contribution in [0.3, 0.4) is 0 Å². The molecule has 9 heteroatoms. The van der Waals surface area contributed by atoms with Crippen molar-refractivity contribution in [3.63, 3.8) is 0 Å². The molecule has 1 saturated carbocycles. The Hall–Kier alpha value is -1.76. The predicted octanol–water partition coefficient (Wildman–Crippen LogP) is 2.49. The van der Waals surface area contributed by atoms with Crippen LogP contribution in [0.2, 0.25) is 0 Å². The zero-order chi connectivity index (χ0) is 22.4. The Bertz CT molecular complexity index is 957. The summed E-state index contributed by atoms with van der Waals surface area (Å²) >= 11 is 0. The van der Waals surface area contributed by atoms with Gasteiger partial charge in [0.25, 0.3) is 5.91 Å². The zero-order valence-corrected chi connectivity index (χ0v) is 19.8. The maximum Gasteiger partial charge on any atom is 0.253 e. The minimum atomic E-state index is -3.43. The number of hydrogen-bond donors (Lipinski definition) is 2. The molecule has 2 amide bonds. The highest BCUT2D eigenvalue weighted by Gasteiger charge is 2.23. The van der Waals surface area contributed by atoms with Gasteiger partial charge in [-0.05, 0) is 56.6 Å². The number of ether oxygens (including phenoxy) is 1. The van der Waals surface area contributed by atoms with Crippen molar-refractivity contribution in [2.24, 2.45) is 5.92 Å². The van der Waals surface area contributed by atoms with Crippen molar-refractivity contribution in [3.8, 4) is 5.75 Å². The summed E-state index contributed by atoms with van der Waals surface area (Å²) in [5.41, 5.74) is 1.47. The second kappa shape index (κ2) is 10.7. The first kappa shape index (κ1) is 23.9. The number of unbranched alkanes of at least 4 members (excludes halogenated alkanes) is 2. The molecule has 0 saturated heterocycles. The number of rotatable bonds is 12. The van der Waals surface area contributed by atoms with E-state index in [0.717, 1.165) is 16.6 Å². The number of nitrogens with one attached hydrogen (secondary N) is 2. The van der Waals surface area contributed by atoms with Crippen LogP contribution in [0.5, 0.6) is 5.75 Å². The number of hydrogen-bond acceptors (Lipinski definition) is 5. The van der Waals surface area contributed by atoms with Gasteiger partial charge in [-0.2, -0.15) is 0 Å². The quantitative estimate of drug-likeness (QED) is 0.280. The van der Waals surface area contributed by atoms with E-state index < -0.39 is 10.0 Å². The fourth-order valence-corrected chi connectivity index (χ4v) is 5.04. The molecular weight excluding hydrogens is 435 g/mol. The summed E-state index contributed by atoms with van der Waals surface area (Å²) in [5, 5.41) is 3.26. The molecule has 0 spiro atoms. The number of benzene rings is 1. The van der Waals surface area contributed by atoms with Crippen LogP contribution in [0.1, 0.15) is 63.5 Å². The van der Waals surface area contributed by atoms with Crippen LogP contribution in [0, 0.1) is 5.92 Å². The highest BCUT2D eigenvalue weighted by Crippen LogP contribution is 2.30. The lowest BCUT2D eigenvalue weighted by atomic mass is 10.0. The molecule has 31 heavy (non-hydrogen) atoms. The van der Waals surface area contributed by atoms with Gasteiger partial charge in [-0.1, -0.05) is 24.6 Å². The Kier molecular flexibility index (Phi) is 8.25. The summed E-state index contributed by atoms with van der Waals surface area (Å²) in [6.07, 6.45) is 6.76. The van der Waals surface area contributed by atoms with Gasteiger partial charge in [0.15, 0.2) is 0 Å². The van der Waals surface area contributed by atoms with Crippen LogP contribution in [0.25, 0.3) is 0 Å². The summed E-state index contributed by atoms with van der Waals surface area (Å²) in [6.45, 7) is 2.54. The first-order valence-electron chi connectivity index (χ1n) is 10.8. The molecule has 7 nitrogen and oxygen atoms in total. The Labute approximate surface area is 186 Å². The van der Waals surface area contributed by atoms with E-state index in [1.807, 2.05) is 25.1 Å². The van der Waals surface area contributed by atoms with Gasteiger partial charge >= 0.3 is 0 Å². The minimum absolute atomic E-state index is 0.0355. The third kappa shape index (κ3) is 7.70. The van der Waals surface area contributed by atoms with Crippen LogP contribution in [-0.4, -0.2) is 32.6 Å². The van der Waals surface area contributed by atoms with E-state index in [1.54, 1.807) is 6.08 Å². The molecule has 0 aromatic heterocycles. The number of imide groups is 1. The number of carbonyl (C=O) groups is 2. The summed E-state index contributed by atoms with van der Waals surface area (Å²) in [7, 11) is -0.770. The SMILES string of the molecule is C[C@@H](NS(=O)(=O)CCCCCC1=CCC(=O)NC1=O)c1ccc(P)c(OCC2CC2)c1. The van der Waals surface area contributed by atoms with Crippen LogP contribution >= 0.6 is 9.24 Å². The van der Waals surface area contributed by atoms with Crippen LogP contribution < -0.4 is 20.1 Å². The molecule has 2 atom stereocenters. The van der Waals surface area contributed by atoms with Crippen molar-refractivity contribution in [2.75, 3.05) is 12.4 Å². The molecule has 1 aliphatic carbocycles. The summed E-state index contributed by atoms with van der Waals surface area (Å²) in [5.74, 6) is 0.845. The van der Waals surface area contributed by atoms with E-state index in [4.69, 9.17) is 4.74 Å². The molecule has 2 aliphatic rings. The van der Waals surface area contributed by atoms with Gasteiger partial charge in [0.1, 0.15) is 5.75 Å². The third-order valence-electron chi connectivity index (χ3n) is 5.50. The molecule has 1 aliphatic heterocycles. The van der Waals surface area contributed by atoms with Gasteiger partial charge in [0.2, 0.25) is 15.9 Å². The van der Waals surface area contributed by atoms with Gasteiger partial charge < -0.3 is 4.74 Å². The van der Waals surface area contributed by atoms with E-state index in [0.29, 0.717) is 43.8 Å². The summed E-state index contributed by atoms with van der Waals surface area (Å²) in [6, 6.07) is 5.39. The lowest BCUT2D eigenvalue weighted by molar-refractivity contribution is -0.128. The van der Waals surface area contributed by atoms with Crippen molar-refractivity contribution in [1.29, 1.82) is 0 Å². The molecule has 0 bridgehead atoms. The molecule has 1 heterocycles. The molecule has 1 unspecified atom stereocenters. The molecule has 1 aromatic rings. The normalized spacial score (nSPS) is 17.8. The Morgan fingerprint density at radius 2 is 2.00 bits per heavy atom. The third-order valence-corrected chi connectivity index (χ3v) is 7.52. The van der Waals surface area contributed by atoms with Gasteiger partial charge in [-0.3, -0.25) is 14.9 Å². The smallest absolute Gasteiger partial charge is 0.253 e. The fourth-order valence-electron chi connectivity index (χ4n) is 3.40. The van der Waals surface area contributed by atoms with Gasteiger partial charge in [0.05, 0.1) is 12.4 Å². The van der Waals surface area contributed by atoms with Crippen LogP contribution in [-0.2, 0) is 19.6 Å². The largest absolute Gasteiger partial charge is 0.493 e. The molecule has 0 radical (unpaired) electrons. The molecule has 3 rings (SSSR count). The van der Waals surface area contributed by atoms with Crippen molar-refractivity contribution in [3.05, 3.63) is 35.4 Å². The first-order chi connectivity index (χ1) is 14.7. The van der Waals surface area contributed by atoms with Gasteiger partial charge in [0, 0.05) is 23.3 Å². The van der Waals surface area contributed by atoms with E-state index in [-0.39, 0.29) is 30.0 Å². The van der Waals surface area contributed by atoms with Crippen LogP contribution in [0.15, 0.2) is 29.8 Å². The standard InChI is InChI=1S/C22H31N2O5PS/c1-15(18-8-10-20(30)19(13-18)29-14-16-6-7-16)24-31(27,28)12-4-2-3-5-17-9-11-21(25)23-22(17)26/h8-10,13,15-16,24H,2-7,11-12,14,30H2,1H3,(H,23,25,26)/t15-/m1/s1. The molecular formula is C22H31N2O5PS. The molecule has 1 aromatic carbocycles. The highest BCUT2D eigenvalue weighted by molar-refractivity contribution is 7.89. The fraction of sp³-hybridized carbons (Fsp3) is 0.545. The number of sulfonamides is 1. The Morgan fingerprint density at radius 3 is 2.71 bits per heavy atom. The van der Waals surface area contributed by atoms with Gasteiger partial charge in [-0.15, -0.1) is 9.24 Å². The lowest BCUT2D eigenvalue weighted by Gasteiger charge is -2.17. The topological polar surface area (TPSA) is 102 Å². The van der Waals surface area contributed by atoms with Crippen molar-refractivity contribution in [1.82, 2.24) is 10.0 Å². The summed E-state index contributed by atoms with van der Waals surface area (Å²) in [4.78, 5) is 22.8. The van der Waals surface area contributed by atoms with E-state index >= 15 is 0 Å². The lowest BCUT2D eigenvalue weighted by Crippen LogP contribution is -2.34. The number of carbonyl (C=O) groups excluding carboxylic acids is 2. The monoisotopic (exact) mass is 466 g/mol. The van der Waals surface area contributed by atoms with E-state index in [1.165, 1.54) is 12.8 Å². The average molecular weight is 467 g/mol. The van der Waals surface area contributed by atoms with Crippen molar-refractivity contribution < 1.29 is 22.7 Å². The molecule has 2 N–H and O–H groups in total. The second-order valence-electron chi connectivity index (χ2n) is 8.33. The maximum atomic E-state index is 12.5. The van der Waals surface area contributed by atoms with E-state index in [2.05, 4.69) is 19.3 Å².